The number of benzene rings is 1. The summed E-state index contributed by atoms with van der Waals surface area (Å²) < 4.78 is 50.8. The molecule has 2 aromatic rings. The fourth-order valence-electron chi connectivity index (χ4n) is 2.18. The molecule has 0 saturated carbocycles. The minimum Gasteiger partial charge on any atom is -0.494 e. The van der Waals surface area contributed by atoms with Crippen molar-refractivity contribution in [3.63, 3.8) is 0 Å². The van der Waals surface area contributed by atoms with Gasteiger partial charge in [-0.1, -0.05) is 13.8 Å². The molecule has 0 aliphatic heterocycles. The van der Waals surface area contributed by atoms with E-state index in [0.717, 1.165) is 12.6 Å². The molecule has 0 radical (unpaired) electrons. The summed E-state index contributed by atoms with van der Waals surface area (Å²) in [6, 6.07) is 6.71. The second-order valence-corrected chi connectivity index (χ2v) is 5.64. The summed E-state index contributed by atoms with van der Waals surface area (Å²) in [5.41, 5.74) is -0.380. The first-order valence-corrected chi connectivity index (χ1v) is 8.40. The molecule has 0 bridgehead atoms. The molecule has 0 aliphatic rings. The number of hydrogen-bond acceptors (Lipinski definition) is 5. The van der Waals surface area contributed by atoms with Crippen molar-refractivity contribution in [3.05, 3.63) is 36.0 Å². The van der Waals surface area contributed by atoms with E-state index in [4.69, 9.17) is 9.47 Å². The molecule has 142 valence electrons. The van der Waals surface area contributed by atoms with Crippen LogP contribution in [0.4, 0.5) is 24.7 Å². The molecule has 0 unspecified atom stereocenters. The van der Waals surface area contributed by atoms with E-state index in [0.29, 0.717) is 31.1 Å². The van der Waals surface area contributed by atoms with Gasteiger partial charge in [0.15, 0.2) is 5.82 Å². The van der Waals surface area contributed by atoms with Crippen LogP contribution < -0.4 is 14.4 Å². The Morgan fingerprint density at radius 2 is 1.62 bits per heavy atom. The largest absolute Gasteiger partial charge is 0.494 e. The lowest BCUT2D eigenvalue weighted by Gasteiger charge is -2.22. The van der Waals surface area contributed by atoms with Crippen LogP contribution in [0.15, 0.2) is 30.5 Å². The van der Waals surface area contributed by atoms with Crippen molar-refractivity contribution in [2.45, 2.75) is 32.9 Å². The van der Waals surface area contributed by atoms with Gasteiger partial charge in [0, 0.05) is 18.9 Å². The van der Waals surface area contributed by atoms with Gasteiger partial charge in [-0.15, -0.1) is 0 Å². The Labute approximate surface area is 150 Å². The SMILES string of the molecule is CCCOc1ccc(N(C)c2nc(OCCC)ncc2C(F)(F)F)cc1. The van der Waals surface area contributed by atoms with Gasteiger partial charge in [0.2, 0.25) is 0 Å². The second-order valence-electron chi connectivity index (χ2n) is 5.64. The van der Waals surface area contributed by atoms with Crippen molar-refractivity contribution in [1.29, 1.82) is 0 Å². The highest BCUT2D eigenvalue weighted by molar-refractivity contribution is 5.63. The minimum absolute atomic E-state index is 0.0791. The van der Waals surface area contributed by atoms with E-state index >= 15 is 0 Å². The number of aromatic nitrogens is 2. The number of ether oxygens (including phenoxy) is 2. The predicted octanol–water partition coefficient (Wildman–Crippen LogP) is 4.84. The maximum Gasteiger partial charge on any atom is 0.421 e. The van der Waals surface area contributed by atoms with Gasteiger partial charge >= 0.3 is 12.2 Å². The van der Waals surface area contributed by atoms with Crippen LogP contribution in [-0.4, -0.2) is 30.2 Å². The quantitative estimate of drug-likeness (QED) is 0.666. The molecule has 2 rings (SSSR count). The molecule has 0 spiro atoms. The first-order valence-electron chi connectivity index (χ1n) is 8.40. The minimum atomic E-state index is -4.57. The van der Waals surface area contributed by atoms with Gasteiger partial charge < -0.3 is 14.4 Å². The van der Waals surface area contributed by atoms with Gasteiger partial charge in [0.05, 0.1) is 13.2 Å². The van der Waals surface area contributed by atoms with Crippen LogP contribution in [0.25, 0.3) is 0 Å². The molecular formula is C18H22F3N3O2. The molecule has 8 heteroatoms. The van der Waals surface area contributed by atoms with Crippen LogP contribution >= 0.6 is 0 Å². The lowest BCUT2D eigenvalue weighted by molar-refractivity contribution is -0.137. The van der Waals surface area contributed by atoms with E-state index in [1.165, 1.54) is 11.9 Å². The normalized spacial score (nSPS) is 11.3. The fraction of sp³-hybridized carbons (Fsp3) is 0.444. The van der Waals surface area contributed by atoms with Crippen molar-refractivity contribution in [3.8, 4) is 11.8 Å². The van der Waals surface area contributed by atoms with E-state index < -0.39 is 11.7 Å². The first-order chi connectivity index (χ1) is 12.4. The predicted molar refractivity (Wildman–Crippen MR) is 93.1 cm³/mol. The molecule has 0 saturated heterocycles. The van der Waals surface area contributed by atoms with E-state index in [1.54, 1.807) is 24.3 Å². The lowest BCUT2D eigenvalue weighted by Crippen LogP contribution is -2.19. The number of anilines is 2. The molecule has 0 N–H and O–H groups in total. The van der Waals surface area contributed by atoms with E-state index in [9.17, 15) is 13.2 Å². The standard InChI is InChI=1S/C18H22F3N3O2/c1-4-10-25-14-8-6-13(7-9-14)24(3)16-15(18(19,20)21)12-22-17(23-16)26-11-5-2/h6-9,12H,4-5,10-11H2,1-3H3. The smallest absolute Gasteiger partial charge is 0.421 e. The molecule has 1 heterocycles. The van der Waals surface area contributed by atoms with Crippen molar-refractivity contribution in [2.75, 3.05) is 25.2 Å². The van der Waals surface area contributed by atoms with Crippen LogP contribution in [0.5, 0.6) is 11.8 Å². The summed E-state index contributed by atoms with van der Waals surface area (Å²) in [4.78, 5) is 8.99. The number of halogens is 3. The van der Waals surface area contributed by atoms with Gasteiger partial charge in [0.25, 0.3) is 0 Å². The van der Waals surface area contributed by atoms with E-state index in [1.807, 2.05) is 13.8 Å². The molecule has 1 aromatic carbocycles. The Morgan fingerprint density at radius 1 is 1.00 bits per heavy atom. The Balaban J connectivity index is 2.33. The lowest BCUT2D eigenvalue weighted by atomic mass is 10.2. The van der Waals surface area contributed by atoms with Gasteiger partial charge in [-0.05, 0) is 37.1 Å². The molecule has 0 atom stereocenters. The van der Waals surface area contributed by atoms with Crippen molar-refractivity contribution < 1.29 is 22.6 Å². The van der Waals surface area contributed by atoms with Crippen molar-refractivity contribution in [2.24, 2.45) is 0 Å². The summed E-state index contributed by atoms with van der Waals surface area (Å²) in [7, 11) is 1.52. The number of hydrogen-bond donors (Lipinski definition) is 0. The second kappa shape index (κ2) is 8.73. The van der Waals surface area contributed by atoms with Crippen LogP contribution in [0.3, 0.4) is 0 Å². The third-order valence-electron chi connectivity index (χ3n) is 3.50. The highest BCUT2D eigenvalue weighted by Gasteiger charge is 2.36. The van der Waals surface area contributed by atoms with Crippen molar-refractivity contribution in [1.82, 2.24) is 9.97 Å². The Bertz CT molecular complexity index is 706. The molecule has 0 amide bonds. The zero-order valence-electron chi connectivity index (χ0n) is 15.0. The average Bonchev–Trinajstić information content (AvgIpc) is 2.63. The molecule has 26 heavy (non-hydrogen) atoms. The summed E-state index contributed by atoms with van der Waals surface area (Å²) in [5.74, 6) is 0.399. The highest BCUT2D eigenvalue weighted by Crippen LogP contribution is 2.37. The number of rotatable bonds is 8. The fourth-order valence-corrected chi connectivity index (χ4v) is 2.18. The van der Waals surface area contributed by atoms with Gasteiger partial charge in [0.1, 0.15) is 11.3 Å². The van der Waals surface area contributed by atoms with Crippen LogP contribution in [0.2, 0.25) is 0 Å². The maximum atomic E-state index is 13.3. The van der Waals surface area contributed by atoms with Gasteiger partial charge in [-0.3, -0.25) is 0 Å². The average molecular weight is 369 g/mol. The molecule has 0 fully saturated rings. The van der Waals surface area contributed by atoms with Gasteiger partial charge in [-0.2, -0.15) is 18.2 Å². The number of nitrogens with zero attached hydrogens (tertiary/aromatic N) is 3. The molecule has 5 nitrogen and oxygen atoms in total. The molecule has 1 aromatic heterocycles. The van der Waals surface area contributed by atoms with E-state index in [2.05, 4.69) is 9.97 Å². The Morgan fingerprint density at radius 3 is 2.19 bits per heavy atom. The zero-order valence-corrected chi connectivity index (χ0v) is 15.0. The number of alkyl halides is 3. The maximum absolute atomic E-state index is 13.3. The van der Waals surface area contributed by atoms with Crippen LogP contribution in [0.1, 0.15) is 32.3 Å². The van der Waals surface area contributed by atoms with E-state index in [-0.39, 0.29) is 11.8 Å². The Hall–Kier alpha value is -2.51. The third kappa shape index (κ3) is 5.00. The summed E-state index contributed by atoms with van der Waals surface area (Å²) in [6.45, 7) is 4.79. The summed E-state index contributed by atoms with van der Waals surface area (Å²) >= 11 is 0. The van der Waals surface area contributed by atoms with Gasteiger partial charge in [-0.25, -0.2) is 4.98 Å². The summed E-state index contributed by atoms with van der Waals surface area (Å²) in [5, 5.41) is 0. The zero-order chi connectivity index (χ0) is 19.2. The topological polar surface area (TPSA) is 47.5 Å². The molecule has 0 aliphatic carbocycles. The van der Waals surface area contributed by atoms with Crippen LogP contribution in [0, 0.1) is 0 Å². The monoisotopic (exact) mass is 369 g/mol. The van der Waals surface area contributed by atoms with Crippen molar-refractivity contribution >= 4 is 11.5 Å². The molecular weight excluding hydrogens is 347 g/mol. The van der Waals surface area contributed by atoms with Crippen LogP contribution in [-0.2, 0) is 6.18 Å². The third-order valence-corrected chi connectivity index (χ3v) is 3.50. The summed E-state index contributed by atoms with van der Waals surface area (Å²) in [6.07, 6.45) is -2.24. The highest BCUT2D eigenvalue weighted by atomic mass is 19.4. The Kier molecular flexibility index (Phi) is 6.65. The first kappa shape index (κ1) is 19.8.